The van der Waals surface area contributed by atoms with Crippen molar-refractivity contribution in [2.45, 2.75) is 25.5 Å². The lowest BCUT2D eigenvalue weighted by Crippen LogP contribution is -2.30. The number of rotatable bonds is 8. The number of fused-ring (bicyclic) bond motifs is 1. The number of aromatic nitrogens is 2. The first-order valence-electron chi connectivity index (χ1n) is 10.5. The van der Waals surface area contributed by atoms with Crippen LogP contribution in [0.25, 0.3) is 0 Å². The highest BCUT2D eigenvalue weighted by Crippen LogP contribution is 2.37. The summed E-state index contributed by atoms with van der Waals surface area (Å²) in [4.78, 5) is 13.1. The van der Waals surface area contributed by atoms with Gasteiger partial charge in [-0.15, -0.1) is 0 Å². The van der Waals surface area contributed by atoms with E-state index in [-0.39, 0.29) is 6.61 Å². The standard InChI is InChI=1S/C24H29N5O2/c1-17-12-18-6-4-5-7-22(18)29(17)24-13-23(25-16-26-24)27-19-8-10-21(11-9-19)31-15-20(30)14-28(2)3/h4-11,13,16-17,20,30H,12,14-15H2,1-3H3,(H,25,26,27). The summed E-state index contributed by atoms with van der Waals surface area (Å²) in [5, 5.41) is 13.3. The lowest BCUT2D eigenvalue weighted by atomic mass is 10.1. The van der Waals surface area contributed by atoms with Crippen molar-refractivity contribution >= 4 is 23.0 Å². The first kappa shape index (κ1) is 21.1. The lowest BCUT2D eigenvalue weighted by molar-refractivity contribution is 0.0831. The summed E-state index contributed by atoms with van der Waals surface area (Å²) >= 11 is 0. The van der Waals surface area contributed by atoms with Crippen molar-refractivity contribution in [3.05, 3.63) is 66.5 Å². The quantitative estimate of drug-likeness (QED) is 0.578. The van der Waals surface area contributed by atoms with Gasteiger partial charge in [-0.2, -0.15) is 0 Å². The first-order chi connectivity index (χ1) is 15.0. The van der Waals surface area contributed by atoms with E-state index in [0.29, 0.717) is 18.3 Å². The fraction of sp³-hybridized carbons (Fsp3) is 0.333. The van der Waals surface area contributed by atoms with Gasteiger partial charge in [0.15, 0.2) is 0 Å². The van der Waals surface area contributed by atoms with Crippen molar-refractivity contribution in [1.29, 1.82) is 0 Å². The van der Waals surface area contributed by atoms with E-state index in [1.54, 1.807) is 6.33 Å². The van der Waals surface area contributed by atoms with Crippen molar-refractivity contribution in [3.63, 3.8) is 0 Å². The van der Waals surface area contributed by atoms with Gasteiger partial charge in [0, 0.05) is 30.0 Å². The molecule has 2 N–H and O–H groups in total. The molecule has 2 unspecified atom stereocenters. The topological polar surface area (TPSA) is 73.8 Å². The highest BCUT2D eigenvalue weighted by molar-refractivity contribution is 5.71. The third-order valence-corrected chi connectivity index (χ3v) is 5.25. The normalized spacial score (nSPS) is 16.3. The molecule has 0 saturated carbocycles. The van der Waals surface area contributed by atoms with Crippen LogP contribution in [0, 0.1) is 0 Å². The van der Waals surface area contributed by atoms with Crippen LogP contribution >= 0.6 is 0 Å². The smallest absolute Gasteiger partial charge is 0.138 e. The molecule has 4 rings (SSSR count). The van der Waals surface area contributed by atoms with E-state index in [0.717, 1.165) is 23.7 Å². The zero-order valence-electron chi connectivity index (χ0n) is 18.2. The molecular formula is C24H29N5O2. The van der Waals surface area contributed by atoms with Gasteiger partial charge in [0.1, 0.15) is 36.4 Å². The van der Waals surface area contributed by atoms with Gasteiger partial charge in [0.05, 0.1) is 0 Å². The molecule has 0 amide bonds. The van der Waals surface area contributed by atoms with Crippen LogP contribution in [0.5, 0.6) is 5.75 Å². The van der Waals surface area contributed by atoms with Crippen LogP contribution in [0.15, 0.2) is 60.9 Å². The molecule has 7 heteroatoms. The highest BCUT2D eigenvalue weighted by Gasteiger charge is 2.27. The Balaban J connectivity index is 1.42. The fourth-order valence-electron chi connectivity index (χ4n) is 3.91. The number of hydrogen-bond donors (Lipinski definition) is 2. The number of anilines is 4. The Bertz CT molecular complexity index is 1010. The molecule has 0 saturated heterocycles. The van der Waals surface area contributed by atoms with Gasteiger partial charge in [-0.25, -0.2) is 9.97 Å². The maximum atomic E-state index is 9.93. The maximum Gasteiger partial charge on any atom is 0.138 e. The van der Waals surface area contributed by atoms with E-state index in [4.69, 9.17) is 4.74 Å². The predicted molar refractivity (Wildman–Crippen MR) is 124 cm³/mol. The molecule has 162 valence electrons. The Hall–Kier alpha value is -3.16. The SMILES string of the molecule is CC1Cc2ccccc2N1c1cc(Nc2ccc(OCC(O)CN(C)C)cc2)ncn1. The largest absolute Gasteiger partial charge is 0.491 e. The summed E-state index contributed by atoms with van der Waals surface area (Å²) in [6.45, 7) is 3.04. The third-order valence-electron chi connectivity index (χ3n) is 5.25. The molecule has 3 aromatic rings. The molecule has 0 fully saturated rings. The van der Waals surface area contributed by atoms with Crippen molar-refractivity contribution in [2.24, 2.45) is 0 Å². The molecular weight excluding hydrogens is 390 g/mol. The Morgan fingerprint density at radius 1 is 1.16 bits per heavy atom. The molecule has 1 aliphatic rings. The predicted octanol–water partition coefficient (Wildman–Crippen LogP) is 3.60. The van der Waals surface area contributed by atoms with Crippen LogP contribution in [0.2, 0.25) is 0 Å². The van der Waals surface area contributed by atoms with Gasteiger partial charge >= 0.3 is 0 Å². The third kappa shape index (κ3) is 5.13. The van der Waals surface area contributed by atoms with E-state index < -0.39 is 6.10 Å². The van der Waals surface area contributed by atoms with E-state index in [2.05, 4.69) is 51.4 Å². The number of nitrogens with one attached hydrogen (secondary N) is 1. The van der Waals surface area contributed by atoms with Crippen molar-refractivity contribution in [3.8, 4) is 5.75 Å². The molecule has 0 radical (unpaired) electrons. The molecule has 0 bridgehead atoms. The van der Waals surface area contributed by atoms with Crippen LogP contribution in [0.1, 0.15) is 12.5 Å². The Kier molecular flexibility index (Phi) is 6.34. The molecule has 2 atom stereocenters. The number of para-hydroxylation sites is 1. The summed E-state index contributed by atoms with van der Waals surface area (Å²) in [7, 11) is 3.84. The van der Waals surface area contributed by atoms with Crippen molar-refractivity contribution in [1.82, 2.24) is 14.9 Å². The number of aliphatic hydroxyl groups excluding tert-OH is 1. The minimum atomic E-state index is -0.523. The second-order valence-electron chi connectivity index (χ2n) is 8.19. The van der Waals surface area contributed by atoms with Crippen LogP contribution in [-0.2, 0) is 6.42 Å². The Morgan fingerprint density at radius 3 is 2.71 bits per heavy atom. The van der Waals surface area contributed by atoms with Gasteiger partial charge in [0.25, 0.3) is 0 Å². The fourth-order valence-corrected chi connectivity index (χ4v) is 3.91. The summed E-state index contributed by atoms with van der Waals surface area (Å²) < 4.78 is 5.67. The van der Waals surface area contributed by atoms with Crippen molar-refractivity contribution < 1.29 is 9.84 Å². The number of ether oxygens (including phenoxy) is 1. The minimum Gasteiger partial charge on any atom is -0.491 e. The molecule has 31 heavy (non-hydrogen) atoms. The Morgan fingerprint density at radius 2 is 1.94 bits per heavy atom. The molecule has 0 spiro atoms. The van der Waals surface area contributed by atoms with Crippen LogP contribution < -0.4 is 15.0 Å². The molecule has 7 nitrogen and oxygen atoms in total. The van der Waals surface area contributed by atoms with Crippen LogP contribution in [-0.4, -0.2) is 59.4 Å². The van der Waals surface area contributed by atoms with E-state index in [1.807, 2.05) is 49.3 Å². The zero-order valence-corrected chi connectivity index (χ0v) is 18.2. The minimum absolute atomic E-state index is 0.260. The average Bonchev–Trinajstić information content (AvgIpc) is 3.08. The van der Waals surface area contributed by atoms with Gasteiger partial charge < -0.3 is 25.0 Å². The van der Waals surface area contributed by atoms with E-state index >= 15 is 0 Å². The first-order valence-corrected chi connectivity index (χ1v) is 10.5. The molecule has 0 aliphatic carbocycles. The van der Waals surface area contributed by atoms with E-state index in [9.17, 15) is 5.11 Å². The van der Waals surface area contributed by atoms with Gasteiger partial charge in [-0.3, -0.25) is 0 Å². The van der Waals surface area contributed by atoms with Gasteiger partial charge in [-0.1, -0.05) is 18.2 Å². The molecule has 2 aromatic carbocycles. The van der Waals surface area contributed by atoms with Gasteiger partial charge in [0.2, 0.25) is 0 Å². The number of likely N-dealkylation sites (N-methyl/N-ethyl adjacent to an activating group) is 1. The maximum absolute atomic E-state index is 9.93. The highest BCUT2D eigenvalue weighted by atomic mass is 16.5. The number of benzene rings is 2. The number of hydrogen-bond acceptors (Lipinski definition) is 7. The Labute approximate surface area is 183 Å². The average molecular weight is 420 g/mol. The monoisotopic (exact) mass is 419 g/mol. The van der Waals surface area contributed by atoms with E-state index in [1.165, 1.54) is 11.3 Å². The number of nitrogens with zero attached hydrogens (tertiary/aromatic N) is 4. The molecule has 1 aromatic heterocycles. The summed E-state index contributed by atoms with van der Waals surface area (Å²) in [5.41, 5.74) is 3.45. The summed E-state index contributed by atoms with van der Waals surface area (Å²) in [5.74, 6) is 2.33. The van der Waals surface area contributed by atoms with Crippen molar-refractivity contribution in [2.75, 3.05) is 37.5 Å². The van der Waals surface area contributed by atoms with Crippen LogP contribution in [0.3, 0.4) is 0 Å². The number of aliphatic hydroxyl groups is 1. The van der Waals surface area contributed by atoms with Gasteiger partial charge in [-0.05, 0) is 63.3 Å². The second-order valence-corrected chi connectivity index (χ2v) is 8.19. The second kappa shape index (κ2) is 9.32. The summed E-state index contributed by atoms with van der Waals surface area (Å²) in [6, 6.07) is 18.4. The summed E-state index contributed by atoms with van der Waals surface area (Å²) in [6.07, 6.45) is 2.08. The molecule has 2 heterocycles. The molecule has 1 aliphatic heterocycles. The van der Waals surface area contributed by atoms with Crippen LogP contribution in [0.4, 0.5) is 23.0 Å². The lowest BCUT2D eigenvalue weighted by Gasteiger charge is -2.24. The zero-order chi connectivity index (χ0) is 21.8.